The van der Waals surface area contributed by atoms with E-state index in [1.165, 1.54) is 11.1 Å². The average molecular weight is 274 g/mol. The standard InChI is InChI=1S/C16H22N2O2/c1-4-14-16(20)18(8-7-15(19)17-14)10-13-9-11(2)5-6-12(13)3/h5-6,9,14H,4,7-8,10H2,1-3H3,(H,17,19). The zero-order valence-corrected chi connectivity index (χ0v) is 12.4. The van der Waals surface area contributed by atoms with E-state index in [1.54, 1.807) is 4.90 Å². The molecule has 1 aromatic carbocycles. The highest BCUT2D eigenvalue weighted by Crippen LogP contribution is 2.16. The van der Waals surface area contributed by atoms with Crippen molar-refractivity contribution in [3.8, 4) is 0 Å². The first-order valence-corrected chi connectivity index (χ1v) is 7.15. The highest BCUT2D eigenvalue weighted by molar-refractivity contribution is 5.89. The zero-order valence-electron chi connectivity index (χ0n) is 12.4. The van der Waals surface area contributed by atoms with Gasteiger partial charge >= 0.3 is 0 Å². The van der Waals surface area contributed by atoms with Crippen molar-refractivity contribution >= 4 is 11.8 Å². The van der Waals surface area contributed by atoms with Crippen LogP contribution in [0.5, 0.6) is 0 Å². The predicted octanol–water partition coefficient (Wildman–Crippen LogP) is 1.93. The highest BCUT2D eigenvalue weighted by atomic mass is 16.2. The molecule has 20 heavy (non-hydrogen) atoms. The first-order valence-electron chi connectivity index (χ1n) is 7.15. The Hall–Kier alpha value is -1.84. The second-order valence-corrected chi connectivity index (χ2v) is 5.47. The number of benzene rings is 1. The fourth-order valence-electron chi connectivity index (χ4n) is 2.51. The lowest BCUT2D eigenvalue weighted by molar-refractivity contribution is -0.134. The molecule has 0 radical (unpaired) electrons. The normalized spacial score (nSPS) is 19.8. The summed E-state index contributed by atoms with van der Waals surface area (Å²) >= 11 is 0. The second kappa shape index (κ2) is 6.07. The number of amides is 2. The highest BCUT2D eigenvalue weighted by Gasteiger charge is 2.28. The van der Waals surface area contributed by atoms with Crippen molar-refractivity contribution in [2.24, 2.45) is 0 Å². The number of rotatable bonds is 3. The van der Waals surface area contributed by atoms with Crippen LogP contribution in [0.4, 0.5) is 0 Å². The smallest absolute Gasteiger partial charge is 0.245 e. The summed E-state index contributed by atoms with van der Waals surface area (Å²) in [7, 11) is 0. The SMILES string of the molecule is CCC1NC(=O)CCN(Cc2cc(C)ccc2C)C1=O. The molecule has 2 amide bonds. The van der Waals surface area contributed by atoms with E-state index in [2.05, 4.69) is 30.4 Å². The van der Waals surface area contributed by atoms with Gasteiger partial charge in [0, 0.05) is 19.5 Å². The van der Waals surface area contributed by atoms with Crippen LogP contribution in [0.3, 0.4) is 0 Å². The first-order chi connectivity index (χ1) is 9.51. The van der Waals surface area contributed by atoms with Gasteiger partial charge in [-0.1, -0.05) is 30.7 Å². The van der Waals surface area contributed by atoms with Crippen LogP contribution in [0, 0.1) is 13.8 Å². The van der Waals surface area contributed by atoms with E-state index in [0.717, 1.165) is 5.56 Å². The fourth-order valence-corrected chi connectivity index (χ4v) is 2.51. The van der Waals surface area contributed by atoms with Crippen molar-refractivity contribution in [1.29, 1.82) is 0 Å². The molecule has 1 unspecified atom stereocenters. The molecule has 0 spiro atoms. The van der Waals surface area contributed by atoms with Crippen LogP contribution >= 0.6 is 0 Å². The molecule has 1 aliphatic rings. The van der Waals surface area contributed by atoms with Gasteiger partial charge in [0.05, 0.1) is 0 Å². The maximum absolute atomic E-state index is 12.4. The quantitative estimate of drug-likeness (QED) is 0.915. The predicted molar refractivity (Wildman–Crippen MR) is 78.2 cm³/mol. The molecule has 1 saturated heterocycles. The van der Waals surface area contributed by atoms with Gasteiger partial charge in [0.1, 0.15) is 6.04 Å². The summed E-state index contributed by atoms with van der Waals surface area (Å²) < 4.78 is 0. The van der Waals surface area contributed by atoms with Gasteiger partial charge in [0.15, 0.2) is 0 Å². The van der Waals surface area contributed by atoms with Gasteiger partial charge < -0.3 is 10.2 Å². The summed E-state index contributed by atoms with van der Waals surface area (Å²) in [5, 5.41) is 2.79. The topological polar surface area (TPSA) is 49.4 Å². The van der Waals surface area contributed by atoms with Crippen molar-refractivity contribution in [2.45, 2.75) is 46.2 Å². The van der Waals surface area contributed by atoms with Crippen molar-refractivity contribution in [3.63, 3.8) is 0 Å². The Kier molecular flexibility index (Phi) is 4.42. The molecule has 1 atom stereocenters. The number of hydrogen-bond donors (Lipinski definition) is 1. The summed E-state index contributed by atoms with van der Waals surface area (Å²) in [6, 6.07) is 5.88. The monoisotopic (exact) mass is 274 g/mol. The number of hydrogen-bond acceptors (Lipinski definition) is 2. The molecule has 1 heterocycles. The number of carbonyl (C=O) groups is 2. The molecular formula is C16H22N2O2. The summed E-state index contributed by atoms with van der Waals surface area (Å²) in [5.41, 5.74) is 3.52. The summed E-state index contributed by atoms with van der Waals surface area (Å²) in [6.45, 7) is 7.10. The Morgan fingerprint density at radius 2 is 2.05 bits per heavy atom. The Labute approximate surface area is 120 Å². The largest absolute Gasteiger partial charge is 0.344 e. The Balaban J connectivity index is 2.20. The maximum atomic E-state index is 12.4. The van der Waals surface area contributed by atoms with Gasteiger partial charge in [-0.3, -0.25) is 9.59 Å². The number of carbonyl (C=O) groups excluding carboxylic acids is 2. The van der Waals surface area contributed by atoms with Crippen molar-refractivity contribution in [3.05, 3.63) is 34.9 Å². The Bertz CT molecular complexity index is 525. The summed E-state index contributed by atoms with van der Waals surface area (Å²) in [6.07, 6.45) is 1.01. The van der Waals surface area contributed by atoms with Crippen molar-refractivity contribution in [2.75, 3.05) is 6.54 Å². The summed E-state index contributed by atoms with van der Waals surface area (Å²) in [5.74, 6) is -0.00656. The molecule has 1 N–H and O–H groups in total. The Morgan fingerprint density at radius 3 is 2.75 bits per heavy atom. The van der Waals surface area contributed by atoms with Crippen molar-refractivity contribution < 1.29 is 9.59 Å². The molecular weight excluding hydrogens is 252 g/mol. The summed E-state index contributed by atoms with van der Waals surface area (Å²) in [4.78, 5) is 25.9. The maximum Gasteiger partial charge on any atom is 0.245 e. The molecule has 1 fully saturated rings. The second-order valence-electron chi connectivity index (χ2n) is 5.47. The van der Waals surface area contributed by atoms with Crippen LogP contribution in [-0.4, -0.2) is 29.3 Å². The minimum absolute atomic E-state index is 0.0271. The minimum atomic E-state index is -0.380. The van der Waals surface area contributed by atoms with E-state index in [1.807, 2.05) is 13.8 Å². The number of aryl methyl sites for hydroxylation is 2. The molecule has 4 heteroatoms. The number of nitrogens with zero attached hydrogens (tertiary/aromatic N) is 1. The molecule has 0 aromatic heterocycles. The van der Waals surface area contributed by atoms with E-state index in [9.17, 15) is 9.59 Å². The molecule has 108 valence electrons. The van der Waals surface area contributed by atoms with Crippen molar-refractivity contribution in [1.82, 2.24) is 10.2 Å². The van der Waals surface area contributed by atoms with E-state index in [0.29, 0.717) is 25.9 Å². The molecule has 0 aliphatic carbocycles. The van der Waals surface area contributed by atoms with E-state index in [4.69, 9.17) is 0 Å². The molecule has 2 rings (SSSR count). The molecule has 0 saturated carbocycles. The molecule has 1 aromatic rings. The van der Waals surface area contributed by atoms with E-state index >= 15 is 0 Å². The molecule has 1 aliphatic heterocycles. The van der Waals surface area contributed by atoms with Crippen LogP contribution in [0.25, 0.3) is 0 Å². The third-order valence-electron chi connectivity index (χ3n) is 3.83. The average Bonchev–Trinajstić information content (AvgIpc) is 2.55. The molecule has 0 bridgehead atoms. The third-order valence-corrected chi connectivity index (χ3v) is 3.83. The van der Waals surface area contributed by atoms with Crippen LogP contribution in [0.1, 0.15) is 36.5 Å². The lowest BCUT2D eigenvalue weighted by Crippen LogP contribution is -2.44. The zero-order chi connectivity index (χ0) is 14.7. The van der Waals surface area contributed by atoms with Gasteiger partial charge in [-0.05, 0) is 31.4 Å². The fraction of sp³-hybridized carbons (Fsp3) is 0.500. The van der Waals surface area contributed by atoms with Gasteiger partial charge in [-0.2, -0.15) is 0 Å². The van der Waals surface area contributed by atoms with Gasteiger partial charge in [-0.25, -0.2) is 0 Å². The minimum Gasteiger partial charge on any atom is -0.344 e. The van der Waals surface area contributed by atoms with Crippen LogP contribution in [0.2, 0.25) is 0 Å². The number of nitrogens with one attached hydrogen (secondary N) is 1. The van der Waals surface area contributed by atoms with Crippen LogP contribution in [0.15, 0.2) is 18.2 Å². The van der Waals surface area contributed by atoms with E-state index in [-0.39, 0.29) is 17.9 Å². The van der Waals surface area contributed by atoms with Crippen LogP contribution in [-0.2, 0) is 16.1 Å². The third kappa shape index (κ3) is 3.18. The van der Waals surface area contributed by atoms with Gasteiger partial charge in [0.2, 0.25) is 11.8 Å². The van der Waals surface area contributed by atoms with Crippen LogP contribution < -0.4 is 5.32 Å². The molecule has 4 nitrogen and oxygen atoms in total. The van der Waals surface area contributed by atoms with Gasteiger partial charge in [0.25, 0.3) is 0 Å². The lowest BCUT2D eigenvalue weighted by atomic mass is 10.0. The van der Waals surface area contributed by atoms with E-state index < -0.39 is 0 Å². The first kappa shape index (κ1) is 14.6. The van der Waals surface area contributed by atoms with Gasteiger partial charge in [-0.15, -0.1) is 0 Å². The Morgan fingerprint density at radius 1 is 1.30 bits per heavy atom. The lowest BCUT2D eigenvalue weighted by Gasteiger charge is -2.24.